The molecule has 0 aliphatic carbocycles. The minimum atomic E-state index is 0.802. The largest absolute Gasteiger partial charge is 0.236 e. The number of unbranched alkanes of at least 4 members (excludes halogenated alkanes) is 9. The summed E-state index contributed by atoms with van der Waals surface area (Å²) in [4.78, 5) is 8.98. The van der Waals surface area contributed by atoms with Crippen LogP contribution in [0.2, 0.25) is 0 Å². The van der Waals surface area contributed by atoms with Gasteiger partial charge in [0.15, 0.2) is 5.82 Å². The highest BCUT2D eigenvalue weighted by Gasteiger charge is 2.01. The molecule has 0 spiro atoms. The van der Waals surface area contributed by atoms with Crippen LogP contribution in [0.5, 0.6) is 0 Å². The topological polar surface area (TPSA) is 25.8 Å². The van der Waals surface area contributed by atoms with Crippen LogP contribution in [0.25, 0.3) is 11.4 Å². The quantitative estimate of drug-likeness (QED) is 0.422. The van der Waals surface area contributed by atoms with Gasteiger partial charge in [-0.3, -0.25) is 0 Å². The summed E-state index contributed by atoms with van der Waals surface area (Å²) >= 11 is 0. The molecule has 2 rings (SSSR count). The van der Waals surface area contributed by atoms with Crippen molar-refractivity contribution >= 4 is 0 Å². The summed E-state index contributed by atoms with van der Waals surface area (Å²) in [5.41, 5.74) is 2.31. The highest BCUT2D eigenvalue weighted by molar-refractivity contribution is 5.53. The van der Waals surface area contributed by atoms with Gasteiger partial charge in [-0.25, -0.2) is 9.97 Å². The van der Waals surface area contributed by atoms with Crippen molar-refractivity contribution in [3.8, 4) is 11.4 Å². The molecule has 1 heterocycles. The number of hydrogen-bond donors (Lipinski definition) is 0. The number of benzene rings is 1. The number of rotatable bonds is 12. The van der Waals surface area contributed by atoms with E-state index in [0.29, 0.717) is 0 Å². The van der Waals surface area contributed by atoms with Gasteiger partial charge in [0.1, 0.15) is 0 Å². The van der Waals surface area contributed by atoms with Gasteiger partial charge in [0.2, 0.25) is 0 Å². The maximum Gasteiger partial charge on any atom is 0.159 e. The van der Waals surface area contributed by atoms with Crippen LogP contribution in [-0.4, -0.2) is 9.97 Å². The molecule has 0 N–H and O–H groups in total. The first-order valence-corrected chi connectivity index (χ1v) is 9.67. The molecule has 0 saturated heterocycles. The first kappa shape index (κ1) is 18.6. The standard InChI is InChI=1S/C22H31N2/c1-2-3-4-5-6-7-8-9-10-12-15-20-18-23-22(24-19-20)21-16-13-11-14-17-21/h13-14,16-19H,2-10,12,15H2,1H3. The van der Waals surface area contributed by atoms with Gasteiger partial charge in [-0.05, 0) is 24.5 Å². The van der Waals surface area contributed by atoms with Crippen molar-refractivity contribution in [2.75, 3.05) is 0 Å². The minimum absolute atomic E-state index is 0.802. The van der Waals surface area contributed by atoms with Crippen LogP contribution >= 0.6 is 0 Å². The zero-order chi connectivity index (χ0) is 16.9. The Morgan fingerprint density at radius 1 is 0.750 bits per heavy atom. The molecule has 129 valence electrons. The number of aromatic nitrogens is 2. The Bertz CT molecular complexity index is 534. The van der Waals surface area contributed by atoms with Gasteiger partial charge in [-0.15, -0.1) is 0 Å². The Hall–Kier alpha value is -1.70. The number of aryl methyl sites for hydroxylation is 1. The average Bonchev–Trinajstić information content (AvgIpc) is 2.64. The number of nitrogens with zero attached hydrogens (tertiary/aromatic N) is 2. The highest BCUT2D eigenvalue weighted by Crippen LogP contribution is 2.15. The molecule has 0 bridgehead atoms. The molecule has 0 saturated carbocycles. The first-order chi connectivity index (χ1) is 11.9. The normalized spacial score (nSPS) is 10.9. The summed E-state index contributed by atoms with van der Waals surface area (Å²) in [6, 6.07) is 10.8. The number of hydrogen-bond acceptors (Lipinski definition) is 2. The van der Waals surface area contributed by atoms with Crippen LogP contribution in [0.1, 0.15) is 76.7 Å². The molecule has 2 heteroatoms. The van der Waals surface area contributed by atoms with Gasteiger partial charge in [0.05, 0.1) is 0 Å². The van der Waals surface area contributed by atoms with E-state index in [0.717, 1.165) is 17.8 Å². The van der Waals surface area contributed by atoms with E-state index in [2.05, 4.69) is 23.0 Å². The molecule has 1 radical (unpaired) electrons. The average molecular weight is 324 g/mol. The predicted molar refractivity (Wildman–Crippen MR) is 102 cm³/mol. The Labute approximate surface area is 147 Å². The molecular formula is C22H31N2. The van der Waals surface area contributed by atoms with Crippen LogP contribution in [0.3, 0.4) is 0 Å². The molecule has 0 aliphatic heterocycles. The van der Waals surface area contributed by atoms with Crippen LogP contribution in [0.4, 0.5) is 0 Å². The van der Waals surface area contributed by atoms with E-state index in [1.807, 2.05) is 36.7 Å². The van der Waals surface area contributed by atoms with Crippen molar-refractivity contribution in [2.45, 2.75) is 77.6 Å². The summed E-state index contributed by atoms with van der Waals surface area (Å²) in [6.07, 6.45) is 18.8. The minimum Gasteiger partial charge on any atom is -0.236 e. The summed E-state index contributed by atoms with van der Waals surface area (Å²) in [7, 11) is 0. The third-order valence-electron chi connectivity index (χ3n) is 4.50. The van der Waals surface area contributed by atoms with Gasteiger partial charge in [-0.2, -0.15) is 0 Å². The van der Waals surface area contributed by atoms with E-state index < -0.39 is 0 Å². The van der Waals surface area contributed by atoms with Crippen LogP contribution in [0, 0.1) is 6.07 Å². The smallest absolute Gasteiger partial charge is 0.159 e. The van der Waals surface area contributed by atoms with Crippen LogP contribution in [-0.2, 0) is 6.42 Å². The molecule has 0 unspecified atom stereocenters. The summed E-state index contributed by atoms with van der Waals surface area (Å²) in [5.74, 6) is 0.802. The van der Waals surface area contributed by atoms with Crippen molar-refractivity contribution < 1.29 is 0 Å². The molecule has 0 aliphatic rings. The van der Waals surface area contributed by atoms with E-state index >= 15 is 0 Å². The second kappa shape index (κ2) is 11.8. The Morgan fingerprint density at radius 2 is 1.29 bits per heavy atom. The molecule has 0 atom stereocenters. The maximum absolute atomic E-state index is 4.49. The first-order valence-electron chi connectivity index (χ1n) is 9.67. The fourth-order valence-electron chi connectivity index (χ4n) is 2.99. The van der Waals surface area contributed by atoms with Crippen molar-refractivity contribution in [1.82, 2.24) is 9.97 Å². The van der Waals surface area contributed by atoms with E-state index in [1.165, 1.54) is 69.8 Å². The third kappa shape index (κ3) is 7.25. The molecule has 1 aromatic heterocycles. The van der Waals surface area contributed by atoms with Crippen molar-refractivity contribution in [3.05, 3.63) is 48.3 Å². The predicted octanol–water partition coefficient (Wildman–Crippen LogP) is 6.41. The van der Waals surface area contributed by atoms with E-state index in [1.54, 1.807) is 0 Å². The Kier molecular flexibility index (Phi) is 9.15. The summed E-state index contributed by atoms with van der Waals surface area (Å²) in [6.45, 7) is 2.28. The molecule has 24 heavy (non-hydrogen) atoms. The molecule has 2 aromatic rings. The summed E-state index contributed by atoms with van der Waals surface area (Å²) < 4.78 is 0. The highest BCUT2D eigenvalue weighted by atomic mass is 14.9. The van der Waals surface area contributed by atoms with Gasteiger partial charge in [0, 0.05) is 18.0 Å². The lowest BCUT2D eigenvalue weighted by molar-refractivity contribution is 0.556. The van der Waals surface area contributed by atoms with E-state index in [9.17, 15) is 0 Å². The van der Waals surface area contributed by atoms with Gasteiger partial charge < -0.3 is 0 Å². The maximum atomic E-state index is 4.49. The summed E-state index contributed by atoms with van der Waals surface area (Å²) in [5, 5.41) is 0. The zero-order valence-electron chi connectivity index (χ0n) is 15.1. The van der Waals surface area contributed by atoms with Gasteiger partial charge >= 0.3 is 0 Å². The second-order valence-corrected chi connectivity index (χ2v) is 6.64. The van der Waals surface area contributed by atoms with E-state index in [-0.39, 0.29) is 0 Å². The SMILES string of the molecule is CCCCCCCCCCCCc1cnc(-c2cc[c]cc2)nc1. The molecule has 2 nitrogen and oxygen atoms in total. The monoisotopic (exact) mass is 323 g/mol. The zero-order valence-corrected chi connectivity index (χ0v) is 15.1. The molecule has 1 aromatic carbocycles. The van der Waals surface area contributed by atoms with Crippen molar-refractivity contribution in [2.24, 2.45) is 0 Å². The fourth-order valence-corrected chi connectivity index (χ4v) is 2.99. The third-order valence-corrected chi connectivity index (χ3v) is 4.50. The molecular weight excluding hydrogens is 292 g/mol. The Balaban J connectivity index is 1.55. The van der Waals surface area contributed by atoms with Crippen molar-refractivity contribution in [3.63, 3.8) is 0 Å². The van der Waals surface area contributed by atoms with Crippen LogP contribution in [0.15, 0.2) is 36.7 Å². The lowest BCUT2D eigenvalue weighted by Crippen LogP contribution is -1.93. The lowest BCUT2D eigenvalue weighted by Gasteiger charge is -2.04. The molecule has 0 fully saturated rings. The van der Waals surface area contributed by atoms with Crippen molar-refractivity contribution in [1.29, 1.82) is 0 Å². The molecule has 0 amide bonds. The van der Waals surface area contributed by atoms with E-state index in [4.69, 9.17) is 0 Å². The van der Waals surface area contributed by atoms with Crippen LogP contribution < -0.4 is 0 Å². The Morgan fingerprint density at radius 3 is 1.88 bits per heavy atom. The van der Waals surface area contributed by atoms with Gasteiger partial charge in [-0.1, -0.05) is 89.0 Å². The fraction of sp³-hybridized carbons (Fsp3) is 0.545. The lowest BCUT2D eigenvalue weighted by atomic mass is 10.0. The second-order valence-electron chi connectivity index (χ2n) is 6.64. The van der Waals surface area contributed by atoms with Gasteiger partial charge in [0.25, 0.3) is 0 Å².